The molecule has 1 heterocycles. The summed E-state index contributed by atoms with van der Waals surface area (Å²) >= 11 is 1.52. The third-order valence-corrected chi connectivity index (χ3v) is 5.19. The predicted octanol–water partition coefficient (Wildman–Crippen LogP) is 6.53. The highest BCUT2D eigenvalue weighted by atomic mass is 32.1. The lowest BCUT2D eigenvalue weighted by atomic mass is 10.1. The summed E-state index contributed by atoms with van der Waals surface area (Å²) in [6.45, 7) is 4.27. The molecule has 1 aromatic heterocycles. The Kier molecular flexibility index (Phi) is 5.99. The number of rotatable bonds is 6. The Morgan fingerprint density at radius 3 is 2.50 bits per heavy atom. The van der Waals surface area contributed by atoms with Gasteiger partial charge in [-0.25, -0.2) is 4.98 Å². The van der Waals surface area contributed by atoms with Crippen LogP contribution in [0, 0.1) is 18.3 Å². The number of aromatic nitrogens is 1. The van der Waals surface area contributed by atoms with Crippen molar-refractivity contribution >= 4 is 23.0 Å². The number of nitriles is 1. The molecule has 0 saturated carbocycles. The van der Waals surface area contributed by atoms with Gasteiger partial charge in [0.05, 0.1) is 11.3 Å². The molecule has 2 aromatic carbocycles. The van der Waals surface area contributed by atoms with Crippen LogP contribution in [0.1, 0.15) is 41.5 Å². The second-order valence-corrected chi connectivity index (χ2v) is 7.28. The van der Waals surface area contributed by atoms with E-state index >= 15 is 0 Å². The Morgan fingerprint density at radius 2 is 1.85 bits per heavy atom. The highest BCUT2D eigenvalue weighted by molar-refractivity contribution is 7.11. The molecule has 0 saturated heterocycles. The third-order valence-electron chi connectivity index (χ3n) is 4.31. The van der Waals surface area contributed by atoms with Gasteiger partial charge in [-0.05, 0) is 37.0 Å². The van der Waals surface area contributed by atoms with Gasteiger partial charge in [0, 0.05) is 10.9 Å². The molecule has 0 aliphatic heterocycles. The fourth-order valence-corrected chi connectivity index (χ4v) is 3.52. The van der Waals surface area contributed by atoms with Crippen LogP contribution in [0.25, 0.3) is 22.9 Å². The molecule has 0 aliphatic rings. The second-order valence-electron chi connectivity index (χ2n) is 6.42. The van der Waals surface area contributed by atoms with Gasteiger partial charge < -0.3 is 0 Å². The van der Waals surface area contributed by atoms with Crippen LogP contribution < -0.4 is 0 Å². The molecule has 0 amide bonds. The van der Waals surface area contributed by atoms with E-state index in [9.17, 15) is 5.26 Å². The lowest BCUT2D eigenvalue weighted by molar-refractivity contribution is 0.795. The van der Waals surface area contributed by atoms with E-state index in [1.807, 2.05) is 35.7 Å². The van der Waals surface area contributed by atoms with Gasteiger partial charge >= 0.3 is 0 Å². The molecule has 0 N–H and O–H groups in total. The Hall–Kier alpha value is -2.70. The maximum Gasteiger partial charge on any atom is 0.134 e. The lowest BCUT2D eigenvalue weighted by Gasteiger charge is -2.01. The van der Waals surface area contributed by atoms with E-state index in [-0.39, 0.29) is 0 Å². The maximum absolute atomic E-state index is 9.54. The van der Waals surface area contributed by atoms with Gasteiger partial charge in [-0.1, -0.05) is 67.4 Å². The zero-order valence-corrected chi connectivity index (χ0v) is 16.0. The summed E-state index contributed by atoms with van der Waals surface area (Å²) in [5.74, 6) is 0. The molecule has 2 nitrogen and oxygen atoms in total. The van der Waals surface area contributed by atoms with E-state index in [2.05, 4.69) is 49.2 Å². The summed E-state index contributed by atoms with van der Waals surface area (Å²) in [5.41, 5.74) is 6.22. The Morgan fingerprint density at radius 1 is 1.12 bits per heavy atom. The molecular formula is C23H22N2S. The quantitative estimate of drug-likeness (QED) is 0.470. The first-order chi connectivity index (χ1) is 12.7. The smallest absolute Gasteiger partial charge is 0.134 e. The standard InChI is InChI=1S/C23H22N2S/c1-3-4-5-18-10-12-20(13-11-18)22-16-26-23(25-22)21(15-24)14-19-8-6-17(2)7-9-19/h6-14,16H,3-5H2,1-2H3. The molecular weight excluding hydrogens is 336 g/mol. The zero-order chi connectivity index (χ0) is 18.4. The van der Waals surface area contributed by atoms with Gasteiger partial charge in [0.2, 0.25) is 0 Å². The van der Waals surface area contributed by atoms with E-state index in [1.165, 1.54) is 35.3 Å². The SMILES string of the molecule is CCCCc1ccc(-c2csc(C(C#N)=Cc3ccc(C)cc3)n2)cc1. The van der Waals surface area contributed by atoms with Crippen LogP contribution in [-0.4, -0.2) is 4.98 Å². The average Bonchev–Trinajstić information content (AvgIpc) is 3.16. The molecule has 26 heavy (non-hydrogen) atoms. The van der Waals surface area contributed by atoms with E-state index in [0.717, 1.165) is 28.2 Å². The minimum absolute atomic E-state index is 0.602. The largest absolute Gasteiger partial charge is 0.235 e. The van der Waals surface area contributed by atoms with Crippen molar-refractivity contribution in [2.45, 2.75) is 33.1 Å². The Bertz CT molecular complexity index is 926. The first-order valence-corrected chi connectivity index (χ1v) is 9.81. The van der Waals surface area contributed by atoms with Crippen molar-refractivity contribution in [2.75, 3.05) is 0 Å². The molecule has 3 heteroatoms. The van der Waals surface area contributed by atoms with Gasteiger partial charge in [-0.2, -0.15) is 5.26 Å². The van der Waals surface area contributed by atoms with Crippen LogP contribution in [0.3, 0.4) is 0 Å². The van der Waals surface area contributed by atoms with E-state index < -0.39 is 0 Å². The summed E-state index contributed by atoms with van der Waals surface area (Å²) in [6, 6.07) is 19.0. The number of allylic oxidation sites excluding steroid dienone is 1. The van der Waals surface area contributed by atoms with Crippen molar-refractivity contribution in [1.82, 2.24) is 4.98 Å². The Balaban J connectivity index is 1.81. The molecule has 0 bridgehead atoms. The first-order valence-electron chi connectivity index (χ1n) is 8.93. The number of aryl methyl sites for hydroxylation is 2. The van der Waals surface area contributed by atoms with Crippen LogP contribution in [0.5, 0.6) is 0 Å². The van der Waals surface area contributed by atoms with Gasteiger partial charge in [0.25, 0.3) is 0 Å². The summed E-state index contributed by atoms with van der Waals surface area (Å²) in [6.07, 6.45) is 5.45. The number of benzene rings is 2. The number of unbranched alkanes of at least 4 members (excludes halogenated alkanes) is 1. The lowest BCUT2D eigenvalue weighted by Crippen LogP contribution is -1.86. The van der Waals surface area contributed by atoms with Crippen LogP contribution in [0.15, 0.2) is 53.9 Å². The van der Waals surface area contributed by atoms with Crippen molar-refractivity contribution in [3.05, 3.63) is 75.6 Å². The van der Waals surface area contributed by atoms with Crippen molar-refractivity contribution in [1.29, 1.82) is 5.26 Å². The maximum atomic E-state index is 9.54. The van der Waals surface area contributed by atoms with Crippen LogP contribution in [-0.2, 0) is 6.42 Å². The molecule has 0 unspecified atom stereocenters. The molecule has 0 spiro atoms. The average molecular weight is 359 g/mol. The number of hydrogen-bond donors (Lipinski definition) is 0. The van der Waals surface area contributed by atoms with E-state index in [0.29, 0.717) is 5.57 Å². The molecule has 3 aromatic rings. The van der Waals surface area contributed by atoms with Crippen molar-refractivity contribution < 1.29 is 0 Å². The fraction of sp³-hybridized carbons (Fsp3) is 0.217. The zero-order valence-electron chi connectivity index (χ0n) is 15.2. The number of hydrogen-bond acceptors (Lipinski definition) is 3. The summed E-state index contributed by atoms with van der Waals surface area (Å²) in [4.78, 5) is 4.68. The van der Waals surface area contributed by atoms with Crippen molar-refractivity contribution in [3.8, 4) is 17.3 Å². The third kappa shape index (κ3) is 4.47. The van der Waals surface area contributed by atoms with E-state index in [1.54, 1.807) is 0 Å². The van der Waals surface area contributed by atoms with E-state index in [4.69, 9.17) is 0 Å². The molecule has 0 radical (unpaired) electrons. The highest BCUT2D eigenvalue weighted by Crippen LogP contribution is 2.27. The van der Waals surface area contributed by atoms with Crippen molar-refractivity contribution in [2.24, 2.45) is 0 Å². The van der Waals surface area contributed by atoms with Gasteiger partial charge in [-0.3, -0.25) is 0 Å². The molecule has 0 fully saturated rings. The fourth-order valence-electron chi connectivity index (χ4n) is 2.72. The Labute approximate surface area is 159 Å². The van der Waals surface area contributed by atoms with Crippen molar-refractivity contribution in [3.63, 3.8) is 0 Å². The van der Waals surface area contributed by atoms with Gasteiger partial charge in [0.15, 0.2) is 0 Å². The molecule has 3 rings (SSSR count). The number of thiazole rings is 1. The van der Waals surface area contributed by atoms with Gasteiger partial charge in [-0.15, -0.1) is 11.3 Å². The highest BCUT2D eigenvalue weighted by Gasteiger charge is 2.09. The van der Waals surface area contributed by atoms with Crippen LogP contribution in [0.4, 0.5) is 0 Å². The monoisotopic (exact) mass is 358 g/mol. The predicted molar refractivity (Wildman–Crippen MR) is 111 cm³/mol. The molecule has 0 aliphatic carbocycles. The minimum atomic E-state index is 0.602. The molecule has 130 valence electrons. The minimum Gasteiger partial charge on any atom is -0.235 e. The van der Waals surface area contributed by atoms with Crippen LogP contribution >= 0.6 is 11.3 Å². The topological polar surface area (TPSA) is 36.7 Å². The summed E-state index contributed by atoms with van der Waals surface area (Å²) in [5, 5.41) is 12.3. The summed E-state index contributed by atoms with van der Waals surface area (Å²) < 4.78 is 0. The summed E-state index contributed by atoms with van der Waals surface area (Å²) in [7, 11) is 0. The molecule has 0 atom stereocenters. The van der Waals surface area contributed by atoms with Crippen LogP contribution in [0.2, 0.25) is 0 Å². The normalized spacial score (nSPS) is 11.3. The first kappa shape index (κ1) is 18.1. The number of nitrogens with zero attached hydrogens (tertiary/aromatic N) is 2. The van der Waals surface area contributed by atoms with Gasteiger partial charge in [0.1, 0.15) is 11.1 Å². The second kappa shape index (κ2) is 8.60.